The summed E-state index contributed by atoms with van der Waals surface area (Å²) in [5, 5.41) is 2.31. The predicted octanol–water partition coefficient (Wildman–Crippen LogP) is 2.32. The van der Waals surface area contributed by atoms with Crippen LogP contribution in [-0.2, 0) is 20.7 Å². The Hall–Kier alpha value is -1.84. The molecule has 0 spiro atoms. The molecule has 0 radical (unpaired) electrons. The van der Waals surface area contributed by atoms with Gasteiger partial charge in [0.15, 0.2) is 0 Å². The molecule has 2 unspecified atom stereocenters. The first-order chi connectivity index (χ1) is 9.65. The zero-order valence-electron chi connectivity index (χ0n) is 12.2. The Bertz CT molecular complexity index is 405. The molecule has 20 heavy (non-hydrogen) atoms. The van der Waals surface area contributed by atoms with Crippen molar-refractivity contribution in [2.24, 2.45) is 5.92 Å². The first-order valence-corrected chi connectivity index (χ1v) is 7.06. The van der Waals surface area contributed by atoms with Crippen LogP contribution in [0.5, 0.6) is 0 Å². The van der Waals surface area contributed by atoms with Crippen LogP contribution in [0.4, 0.5) is 0 Å². The van der Waals surface area contributed by atoms with Crippen LogP contribution in [-0.4, -0.2) is 25.0 Å². The summed E-state index contributed by atoms with van der Waals surface area (Å²) < 4.78 is 5.26. The van der Waals surface area contributed by atoms with Gasteiger partial charge < -0.3 is 10.1 Å². The SMILES string of the molecule is CCC(Cc1ccccc1)CC(C)OC(=O)CNC=O. The fourth-order valence-electron chi connectivity index (χ4n) is 2.25. The number of carbonyl (C=O) groups excluding carboxylic acids is 2. The molecule has 1 N–H and O–H groups in total. The zero-order valence-corrected chi connectivity index (χ0v) is 12.2. The molecule has 0 bridgehead atoms. The summed E-state index contributed by atoms with van der Waals surface area (Å²) in [5.41, 5.74) is 1.31. The van der Waals surface area contributed by atoms with Gasteiger partial charge in [-0.3, -0.25) is 9.59 Å². The summed E-state index contributed by atoms with van der Waals surface area (Å²) in [7, 11) is 0. The summed E-state index contributed by atoms with van der Waals surface area (Å²) in [6, 6.07) is 10.3. The molecule has 1 aromatic carbocycles. The number of amides is 1. The van der Waals surface area contributed by atoms with Gasteiger partial charge in [0.05, 0.1) is 6.10 Å². The largest absolute Gasteiger partial charge is 0.461 e. The van der Waals surface area contributed by atoms with Gasteiger partial charge in [-0.1, -0.05) is 43.7 Å². The van der Waals surface area contributed by atoms with Crippen LogP contribution in [0.2, 0.25) is 0 Å². The van der Waals surface area contributed by atoms with Gasteiger partial charge in [-0.2, -0.15) is 0 Å². The molecule has 0 fully saturated rings. The van der Waals surface area contributed by atoms with Crippen molar-refractivity contribution in [2.75, 3.05) is 6.54 Å². The average molecular weight is 277 g/mol. The molecule has 2 atom stereocenters. The summed E-state index contributed by atoms with van der Waals surface area (Å²) in [6.07, 6.45) is 3.23. The van der Waals surface area contributed by atoms with Crippen LogP contribution in [0.15, 0.2) is 30.3 Å². The van der Waals surface area contributed by atoms with Gasteiger partial charge in [0.25, 0.3) is 0 Å². The lowest BCUT2D eigenvalue weighted by Crippen LogP contribution is -2.27. The highest BCUT2D eigenvalue weighted by molar-refractivity contribution is 5.74. The maximum absolute atomic E-state index is 11.4. The van der Waals surface area contributed by atoms with E-state index in [-0.39, 0.29) is 18.6 Å². The lowest BCUT2D eigenvalue weighted by molar-refractivity contribution is -0.148. The zero-order chi connectivity index (χ0) is 14.8. The number of nitrogens with one attached hydrogen (secondary N) is 1. The smallest absolute Gasteiger partial charge is 0.325 e. The van der Waals surface area contributed by atoms with E-state index in [4.69, 9.17) is 4.74 Å². The summed E-state index contributed by atoms with van der Waals surface area (Å²) >= 11 is 0. The molecule has 0 saturated carbocycles. The Labute approximate surface area is 120 Å². The van der Waals surface area contributed by atoms with Crippen LogP contribution in [0, 0.1) is 5.92 Å². The molecule has 1 rings (SSSR count). The number of rotatable bonds is 9. The highest BCUT2D eigenvalue weighted by Gasteiger charge is 2.15. The second-order valence-electron chi connectivity index (χ2n) is 5.00. The second kappa shape index (κ2) is 9.13. The fourth-order valence-corrected chi connectivity index (χ4v) is 2.25. The van der Waals surface area contributed by atoms with E-state index in [1.54, 1.807) is 0 Å². The van der Waals surface area contributed by atoms with Crippen LogP contribution in [0.3, 0.4) is 0 Å². The Morgan fingerprint density at radius 1 is 1.35 bits per heavy atom. The van der Waals surface area contributed by atoms with Crippen molar-refractivity contribution in [2.45, 2.75) is 39.2 Å². The Morgan fingerprint density at radius 2 is 2.05 bits per heavy atom. The van der Waals surface area contributed by atoms with E-state index in [2.05, 4.69) is 24.4 Å². The molecule has 0 aliphatic carbocycles. The monoisotopic (exact) mass is 277 g/mol. The minimum atomic E-state index is -0.390. The van der Waals surface area contributed by atoms with Crippen molar-refractivity contribution >= 4 is 12.4 Å². The van der Waals surface area contributed by atoms with Crippen molar-refractivity contribution < 1.29 is 14.3 Å². The van der Waals surface area contributed by atoms with E-state index >= 15 is 0 Å². The molecular weight excluding hydrogens is 254 g/mol. The van der Waals surface area contributed by atoms with E-state index in [1.807, 2.05) is 25.1 Å². The Balaban J connectivity index is 2.39. The molecule has 1 aromatic rings. The highest BCUT2D eigenvalue weighted by atomic mass is 16.5. The molecule has 0 aliphatic heterocycles. The number of hydrogen-bond donors (Lipinski definition) is 1. The number of esters is 1. The predicted molar refractivity (Wildman–Crippen MR) is 78.2 cm³/mol. The second-order valence-corrected chi connectivity index (χ2v) is 5.00. The number of carbonyl (C=O) groups is 2. The van der Waals surface area contributed by atoms with Crippen LogP contribution < -0.4 is 5.32 Å². The van der Waals surface area contributed by atoms with Crippen molar-refractivity contribution in [1.82, 2.24) is 5.32 Å². The van der Waals surface area contributed by atoms with Gasteiger partial charge >= 0.3 is 5.97 Å². The third kappa shape index (κ3) is 6.36. The molecule has 0 heterocycles. The lowest BCUT2D eigenvalue weighted by Gasteiger charge is -2.20. The fraction of sp³-hybridized carbons (Fsp3) is 0.500. The summed E-state index contributed by atoms with van der Waals surface area (Å²) in [4.78, 5) is 21.5. The topological polar surface area (TPSA) is 55.4 Å². The maximum atomic E-state index is 11.4. The summed E-state index contributed by atoms with van der Waals surface area (Å²) in [6.45, 7) is 3.98. The van der Waals surface area contributed by atoms with Gasteiger partial charge in [-0.15, -0.1) is 0 Å². The van der Waals surface area contributed by atoms with Crippen molar-refractivity contribution in [3.05, 3.63) is 35.9 Å². The summed E-state index contributed by atoms with van der Waals surface area (Å²) in [5.74, 6) is 0.0957. The Kier molecular flexibility index (Phi) is 7.40. The maximum Gasteiger partial charge on any atom is 0.325 e. The molecule has 0 aromatic heterocycles. The number of hydrogen-bond acceptors (Lipinski definition) is 3. The first kappa shape index (κ1) is 16.2. The third-order valence-corrected chi connectivity index (χ3v) is 3.27. The molecule has 4 heteroatoms. The third-order valence-electron chi connectivity index (χ3n) is 3.27. The lowest BCUT2D eigenvalue weighted by atomic mass is 9.92. The molecule has 0 saturated heterocycles. The molecular formula is C16H23NO3. The standard InChI is InChI=1S/C16H23NO3/c1-3-14(10-15-7-5-4-6-8-15)9-13(2)20-16(19)11-17-12-18/h4-8,12-14H,3,9-11H2,1-2H3,(H,17,18). The van der Waals surface area contributed by atoms with E-state index in [0.29, 0.717) is 12.3 Å². The highest BCUT2D eigenvalue weighted by Crippen LogP contribution is 2.19. The normalized spacial score (nSPS) is 13.3. The minimum absolute atomic E-state index is 0.0662. The van der Waals surface area contributed by atoms with E-state index < -0.39 is 0 Å². The van der Waals surface area contributed by atoms with Gasteiger partial charge in [0.1, 0.15) is 6.54 Å². The average Bonchev–Trinajstić information content (AvgIpc) is 2.45. The molecule has 0 aliphatic rings. The van der Waals surface area contributed by atoms with Crippen molar-refractivity contribution in [1.29, 1.82) is 0 Å². The Morgan fingerprint density at radius 3 is 2.65 bits per heavy atom. The number of ether oxygens (including phenoxy) is 1. The van der Waals surface area contributed by atoms with E-state index in [1.165, 1.54) is 5.56 Å². The van der Waals surface area contributed by atoms with E-state index in [0.717, 1.165) is 19.3 Å². The van der Waals surface area contributed by atoms with Crippen molar-refractivity contribution in [3.63, 3.8) is 0 Å². The van der Waals surface area contributed by atoms with Crippen molar-refractivity contribution in [3.8, 4) is 0 Å². The number of benzene rings is 1. The van der Waals surface area contributed by atoms with Crippen LogP contribution in [0.1, 0.15) is 32.3 Å². The minimum Gasteiger partial charge on any atom is -0.461 e. The molecule has 1 amide bonds. The van der Waals surface area contributed by atoms with Crippen LogP contribution in [0.25, 0.3) is 0 Å². The van der Waals surface area contributed by atoms with Gasteiger partial charge in [0, 0.05) is 0 Å². The first-order valence-electron chi connectivity index (χ1n) is 7.06. The van der Waals surface area contributed by atoms with Gasteiger partial charge in [0.2, 0.25) is 6.41 Å². The van der Waals surface area contributed by atoms with Gasteiger partial charge in [-0.05, 0) is 31.2 Å². The van der Waals surface area contributed by atoms with Gasteiger partial charge in [-0.25, -0.2) is 0 Å². The van der Waals surface area contributed by atoms with Crippen LogP contribution >= 0.6 is 0 Å². The van der Waals surface area contributed by atoms with E-state index in [9.17, 15) is 9.59 Å². The molecule has 110 valence electrons. The quantitative estimate of drug-likeness (QED) is 0.557. The molecule has 4 nitrogen and oxygen atoms in total.